The van der Waals surface area contributed by atoms with Crippen molar-refractivity contribution in [1.82, 2.24) is 4.90 Å². The number of nitrogens with zero attached hydrogens (tertiary/aromatic N) is 1. The maximum Gasteiger partial charge on any atom is 0.511 e. The second-order valence-corrected chi connectivity index (χ2v) is 11.8. The molecule has 3 fully saturated rings. The highest BCUT2D eigenvalue weighted by Crippen LogP contribution is 2.66. The van der Waals surface area contributed by atoms with Crippen LogP contribution in [0.5, 0.6) is 0 Å². The van der Waals surface area contributed by atoms with Gasteiger partial charge in [0.25, 0.3) is 0 Å². The van der Waals surface area contributed by atoms with E-state index in [1.54, 1.807) is 0 Å². The van der Waals surface area contributed by atoms with Crippen molar-refractivity contribution in [3.63, 3.8) is 0 Å². The van der Waals surface area contributed by atoms with Gasteiger partial charge in [0.2, 0.25) is 5.91 Å². The number of rotatable bonds is 4. The molecule has 0 spiro atoms. The van der Waals surface area contributed by atoms with Crippen LogP contribution in [-0.4, -0.2) is 34.2 Å². The van der Waals surface area contributed by atoms with Gasteiger partial charge in [-0.25, -0.2) is 4.79 Å². The molecule has 0 aromatic rings. The number of hydrogen-bond acceptors (Lipinski definition) is 3. The first-order valence-corrected chi connectivity index (χ1v) is 12.6. The van der Waals surface area contributed by atoms with E-state index in [0.717, 1.165) is 44.9 Å². The van der Waals surface area contributed by atoms with E-state index in [1.165, 1.54) is 5.57 Å². The van der Waals surface area contributed by atoms with Crippen molar-refractivity contribution in [1.29, 1.82) is 0 Å². The Morgan fingerprint density at radius 3 is 2.38 bits per heavy atom. The fraction of sp³-hybridized carbons (Fsp3) is 0.778. The molecule has 178 valence electrons. The smallest absolute Gasteiger partial charge is 0.449 e. The van der Waals surface area contributed by atoms with Crippen molar-refractivity contribution >= 4 is 12.1 Å². The van der Waals surface area contributed by atoms with Gasteiger partial charge in [-0.1, -0.05) is 19.4 Å². The molecule has 0 aromatic carbocycles. The van der Waals surface area contributed by atoms with E-state index in [-0.39, 0.29) is 28.8 Å². The summed E-state index contributed by atoms with van der Waals surface area (Å²) in [7, 11) is 0. The lowest BCUT2D eigenvalue weighted by molar-refractivity contribution is -0.146. The van der Waals surface area contributed by atoms with Crippen molar-refractivity contribution in [3.8, 4) is 0 Å². The van der Waals surface area contributed by atoms with Crippen LogP contribution in [0.15, 0.2) is 23.5 Å². The first-order chi connectivity index (χ1) is 15.0. The minimum atomic E-state index is -1.24. The van der Waals surface area contributed by atoms with Crippen LogP contribution in [0.25, 0.3) is 0 Å². The molecule has 4 rings (SSSR count). The number of allylic oxidation sites excluding steroid dienone is 3. The molecule has 1 N–H and O–H groups in total. The van der Waals surface area contributed by atoms with Crippen LogP contribution >= 0.6 is 0 Å². The Morgan fingerprint density at radius 2 is 1.75 bits per heavy atom. The Bertz CT molecular complexity index is 835. The molecule has 6 atom stereocenters. The minimum absolute atomic E-state index is 0.0829. The fourth-order valence-electron chi connectivity index (χ4n) is 8.25. The molecule has 4 aliphatic rings. The molecule has 5 nitrogen and oxygen atoms in total. The summed E-state index contributed by atoms with van der Waals surface area (Å²) in [6.45, 7) is 13.3. The topological polar surface area (TPSA) is 66.8 Å². The van der Waals surface area contributed by atoms with Crippen molar-refractivity contribution in [2.45, 2.75) is 98.6 Å². The first-order valence-electron chi connectivity index (χ1n) is 12.6. The molecule has 0 bridgehead atoms. The molecule has 4 aliphatic carbocycles. The Hall–Kier alpha value is -1.78. The number of amides is 1. The van der Waals surface area contributed by atoms with Gasteiger partial charge in [0.15, 0.2) is 0 Å². The van der Waals surface area contributed by atoms with Gasteiger partial charge < -0.3 is 14.7 Å². The van der Waals surface area contributed by atoms with Gasteiger partial charge in [-0.05, 0) is 113 Å². The quantitative estimate of drug-likeness (QED) is 0.511. The number of carboxylic acid groups (broad SMARTS) is 1. The van der Waals surface area contributed by atoms with Gasteiger partial charge in [0.1, 0.15) is 5.76 Å². The number of ether oxygens (including phenoxy) is 1. The highest BCUT2D eigenvalue weighted by atomic mass is 16.7. The van der Waals surface area contributed by atoms with Gasteiger partial charge >= 0.3 is 6.16 Å². The monoisotopic (exact) mass is 443 g/mol. The summed E-state index contributed by atoms with van der Waals surface area (Å²) in [5.74, 6) is 2.86. The predicted molar refractivity (Wildman–Crippen MR) is 125 cm³/mol. The van der Waals surface area contributed by atoms with Crippen molar-refractivity contribution < 1.29 is 19.4 Å². The van der Waals surface area contributed by atoms with Crippen molar-refractivity contribution in [2.24, 2.45) is 34.5 Å². The standard InChI is InChI=1S/C27H41NO4/c1-16(2)28(17(3)4)24(29)23-10-9-21-20-8-7-18-15-19(32-25(30)31)11-13-26(18,5)22(20)12-14-27(21,23)6/h11,15-17,20-23H,7-10,12-14H2,1-6H3,(H,30,31)/t20-,21-,22-,23+,26-,27-/m0/s1. The second kappa shape index (κ2) is 8.22. The number of fused-ring (bicyclic) bond motifs is 5. The largest absolute Gasteiger partial charge is 0.511 e. The maximum absolute atomic E-state index is 13.7. The molecule has 32 heavy (non-hydrogen) atoms. The summed E-state index contributed by atoms with van der Waals surface area (Å²) in [5, 5.41) is 9.00. The van der Waals surface area contributed by atoms with Crippen molar-refractivity contribution in [2.75, 3.05) is 0 Å². The predicted octanol–water partition coefficient (Wildman–Crippen LogP) is 6.40. The zero-order valence-electron chi connectivity index (χ0n) is 20.7. The molecular formula is C27H41NO4. The highest BCUT2D eigenvalue weighted by molar-refractivity contribution is 5.80. The second-order valence-electron chi connectivity index (χ2n) is 11.8. The normalized spacial score (nSPS) is 38.4. The molecule has 5 heteroatoms. The van der Waals surface area contributed by atoms with Crippen LogP contribution in [0, 0.1) is 34.5 Å². The van der Waals surface area contributed by atoms with Gasteiger partial charge in [-0.15, -0.1) is 0 Å². The van der Waals surface area contributed by atoms with Gasteiger partial charge in [-0.2, -0.15) is 0 Å². The van der Waals surface area contributed by atoms with E-state index in [2.05, 4.69) is 46.4 Å². The fourth-order valence-corrected chi connectivity index (χ4v) is 8.25. The Morgan fingerprint density at radius 1 is 1.06 bits per heavy atom. The summed E-state index contributed by atoms with van der Waals surface area (Å²) in [6.07, 6.45) is 10.2. The molecule has 0 saturated heterocycles. The van der Waals surface area contributed by atoms with E-state index in [4.69, 9.17) is 9.84 Å². The molecule has 3 saturated carbocycles. The number of hydrogen-bond donors (Lipinski definition) is 1. The summed E-state index contributed by atoms with van der Waals surface area (Å²) >= 11 is 0. The minimum Gasteiger partial charge on any atom is -0.449 e. The molecule has 0 unspecified atom stereocenters. The van der Waals surface area contributed by atoms with Crippen LogP contribution in [0.2, 0.25) is 0 Å². The molecule has 0 aliphatic heterocycles. The lowest BCUT2D eigenvalue weighted by Gasteiger charge is -2.58. The molecule has 0 heterocycles. The average molecular weight is 444 g/mol. The lowest BCUT2D eigenvalue weighted by atomic mass is 9.47. The number of carbonyl (C=O) groups excluding carboxylic acids is 1. The van der Waals surface area contributed by atoms with Crippen LogP contribution in [0.3, 0.4) is 0 Å². The van der Waals surface area contributed by atoms with Crippen LogP contribution in [-0.2, 0) is 9.53 Å². The van der Waals surface area contributed by atoms with E-state index < -0.39 is 6.16 Å². The maximum atomic E-state index is 13.7. The number of carbonyl (C=O) groups is 2. The van der Waals surface area contributed by atoms with Crippen LogP contribution in [0.4, 0.5) is 4.79 Å². The lowest BCUT2D eigenvalue weighted by Crippen LogP contribution is -2.53. The third kappa shape index (κ3) is 3.60. The molecule has 0 radical (unpaired) electrons. The Kier molecular flexibility index (Phi) is 6.00. The van der Waals surface area contributed by atoms with Crippen LogP contribution < -0.4 is 0 Å². The first kappa shape index (κ1) is 23.4. The van der Waals surface area contributed by atoms with Crippen molar-refractivity contribution in [3.05, 3.63) is 23.5 Å². The molecule has 0 aromatic heterocycles. The zero-order chi connectivity index (χ0) is 23.4. The summed E-state index contributed by atoms with van der Waals surface area (Å²) in [4.78, 5) is 26.8. The van der Waals surface area contributed by atoms with E-state index >= 15 is 0 Å². The highest BCUT2D eigenvalue weighted by Gasteiger charge is 2.60. The molecule has 1 amide bonds. The van der Waals surface area contributed by atoms with E-state index in [1.807, 2.05) is 12.2 Å². The summed E-state index contributed by atoms with van der Waals surface area (Å²) < 4.78 is 4.97. The molecular weight excluding hydrogens is 402 g/mol. The Balaban J connectivity index is 1.56. The van der Waals surface area contributed by atoms with Gasteiger partial charge in [-0.3, -0.25) is 4.79 Å². The van der Waals surface area contributed by atoms with Crippen LogP contribution in [0.1, 0.15) is 86.5 Å². The van der Waals surface area contributed by atoms with E-state index in [0.29, 0.717) is 29.4 Å². The average Bonchev–Trinajstić information content (AvgIpc) is 3.04. The Labute approximate surface area is 193 Å². The third-order valence-electron chi connectivity index (χ3n) is 9.65. The van der Waals surface area contributed by atoms with E-state index in [9.17, 15) is 9.59 Å². The zero-order valence-corrected chi connectivity index (χ0v) is 20.7. The third-order valence-corrected chi connectivity index (χ3v) is 9.65. The summed E-state index contributed by atoms with van der Waals surface area (Å²) in [5.41, 5.74) is 1.54. The summed E-state index contributed by atoms with van der Waals surface area (Å²) in [6, 6.07) is 0.470. The SMILES string of the molecule is CC(C)N(C(=O)[C@H]1CC[C@H]2[C@@H]3CCC4=CC(OC(=O)O)=CC[C@]4(C)[C@H]3CC[C@]12C)C(C)C. The van der Waals surface area contributed by atoms with Gasteiger partial charge in [0, 0.05) is 18.0 Å². The van der Waals surface area contributed by atoms with Gasteiger partial charge in [0.05, 0.1) is 0 Å².